The average Bonchev–Trinajstić information content (AvgIpc) is 2.46. The minimum Gasteiger partial charge on any atom is -0.493 e. The third-order valence-electron chi connectivity index (χ3n) is 2.89. The van der Waals surface area contributed by atoms with E-state index in [-0.39, 0.29) is 25.1 Å². The van der Waals surface area contributed by atoms with Crippen molar-refractivity contribution in [1.82, 2.24) is 5.32 Å². The largest absolute Gasteiger partial charge is 0.493 e. The van der Waals surface area contributed by atoms with E-state index in [2.05, 4.69) is 11.9 Å². The Morgan fingerprint density at radius 1 is 1.40 bits per heavy atom. The monoisotopic (exact) mass is 301 g/mol. The Labute approximate surface area is 127 Å². The predicted molar refractivity (Wildman–Crippen MR) is 83.9 cm³/mol. The molecule has 0 saturated heterocycles. The lowest BCUT2D eigenvalue weighted by atomic mass is 10.1. The Hall–Kier alpha value is -1.23. The first-order valence-corrected chi connectivity index (χ1v) is 6.50. The smallest absolute Gasteiger partial charge is 0.161 e. The van der Waals surface area contributed by atoms with Gasteiger partial charge in [-0.05, 0) is 24.1 Å². The summed E-state index contributed by atoms with van der Waals surface area (Å²) in [7, 11) is 1.62. The molecule has 0 saturated carbocycles. The maximum Gasteiger partial charge on any atom is 0.161 e. The van der Waals surface area contributed by atoms with Gasteiger partial charge >= 0.3 is 0 Å². The number of hydrogen-bond donors (Lipinski definition) is 2. The van der Waals surface area contributed by atoms with Gasteiger partial charge in [-0.25, -0.2) is 0 Å². The van der Waals surface area contributed by atoms with Gasteiger partial charge in [-0.1, -0.05) is 25.6 Å². The zero-order valence-corrected chi connectivity index (χ0v) is 12.9. The standard InChI is InChI=1S/C15H23NO3.ClH/c1-4-8-19-14-7-6-12(9-15(14)18-3)10-16-13(5-2)11-17;/h4,6-7,9,13,16-17H,1,5,8,10-11H2,2-3H3;1H. The van der Waals surface area contributed by atoms with Crippen LogP contribution in [0, 0.1) is 0 Å². The molecular formula is C15H24ClNO3. The van der Waals surface area contributed by atoms with Gasteiger partial charge in [-0.2, -0.15) is 0 Å². The van der Waals surface area contributed by atoms with Gasteiger partial charge in [0.25, 0.3) is 0 Å². The fraction of sp³-hybridized carbons (Fsp3) is 0.467. The molecule has 0 amide bonds. The molecule has 1 atom stereocenters. The summed E-state index contributed by atoms with van der Waals surface area (Å²) in [6.45, 7) is 6.95. The highest BCUT2D eigenvalue weighted by molar-refractivity contribution is 5.85. The van der Waals surface area contributed by atoms with Crippen molar-refractivity contribution in [3.8, 4) is 11.5 Å². The van der Waals surface area contributed by atoms with Crippen LogP contribution in [0.25, 0.3) is 0 Å². The van der Waals surface area contributed by atoms with Gasteiger partial charge in [0, 0.05) is 12.6 Å². The molecule has 1 aromatic carbocycles. The molecule has 4 nitrogen and oxygen atoms in total. The van der Waals surface area contributed by atoms with Crippen molar-refractivity contribution < 1.29 is 14.6 Å². The van der Waals surface area contributed by atoms with Gasteiger partial charge in [0.05, 0.1) is 13.7 Å². The fourth-order valence-corrected chi connectivity index (χ4v) is 1.69. The Morgan fingerprint density at radius 3 is 2.70 bits per heavy atom. The number of aliphatic hydroxyl groups is 1. The second kappa shape index (κ2) is 10.5. The van der Waals surface area contributed by atoms with Gasteiger partial charge in [0.15, 0.2) is 11.5 Å². The second-order valence-electron chi connectivity index (χ2n) is 4.25. The van der Waals surface area contributed by atoms with Crippen molar-refractivity contribution >= 4 is 12.4 Å². The van der Waals surface area contributed by atoms with E-state index in [1.54, 1.807) is 13.2 Å². The lowest BCUT2D eigenvalue weighted by Gasteiger charge is -2.15. The van der Waals surface area contributed by atoms with E-state index >= 15 is 0 Å². The Bertz CT molecular complexity index is 395. The predicted octanol–water partition coefficient (Wildman–Crippen LogP) is 2.54. The summed E-state index contributed by atoms with van der Waals surface area (Å²) in [4.78, 5) is 0. The van der Waals surface area contributed by atoms with Crippen LogP contribution in [-0.4, -0.2) is 31.5 Å². The van der Waals surface area contributed by atoms with Crippen LogP contribution >= 0.6 is 12.4 Å². The van der Waals surface area contributed by atoms with Crippen LogP contribution in [-0.2, 0) is 6.54 Å². The Balaban J connectivity index is 0.00000361. The van der Waals surface area contributed by atoms with Gasteiger partial charge in [0.1, 0.15) is 6.61 Å². The molecule has 0 bridgehead atoms. The summed E-state index contributed by atoms with van der Waals surface area (Å²) in [5.41, 5.74) is 1.09. The molecule has 0 radical (unpaired) electrons. The summed E-state index contributed by atoms with van der Waals surface area (Å²) < 4.78 is 10.8. The number of rotatable bonds is 9. The summed E-state index contributed by atoms with van der Waals surface area (Å²) in [6.07, 6.45) is 2.59. The van der Waals surface area contributed by atoms with Crippen molar-refractivity contribution in [2.75, 3.05) is 20.3 Å². The molecule has 0 aliphatic heterocycles. The molecular weight excluding hydrogens is 278 g/mol. The van der Waals surface area contributed by atoms with Crippen molar-refractivity contribution in [2.45, 2.75) is 25.9 Å². The first kappa shape index (κ1) is 18.8. The van der Waals surface area contributed by atoms with Gasteiger partial charge in [-0.15, -0.1) is 12.4 Å². The van der Waals surface area contributed by atoms with Crippen molar-refractivity contribution in [1.29, 1.82) is 0 Å². The van der Waals surface area contributed by atoms with E-state index in [1.165, 1.54) is 0 Å². The zero-order chi connectivity index (χ0) is 14.1. The second-order valence-corrected chi connectivity index (χ2v) is 4.25. The van der Waals surface area contributed by atoms with E-state index in [9.17, 15) is 0 Å². The number of aliphatic hydroxyl groups excluding tert-OH is 1. The summed E-state index contributed by atoms with van der Waals surface area (Å²) in [5, 5.41) is 12.4. The number of nitrogens with one attached hydrogen (secondary N) is 1. The SMILES string of the molecule is C=CCOc1ccc(CNC(CC)CO)cc1OC.Cl. The van der Waals surface area contributed by atoms with E-state index < -0.39 is 0 Å². The third-order valence-corrected chi connectivity index (χ3v) is 2.89. The fourth-order valence-electron chi connectivity index (χ4n) is 1.69. The van der Waals surface area contributed by atoms with E-state index in [0.717, 1.165) is 12.0 Å². The molecule has 0 heterocycles. The molecule has 1 unspecified atom stereocenters. The summed E-state index contributed by atoms with van der Waals surface area (Å²) in [6, 6.07) is 5.94. The molecule has 1 aromatic rings. The highest BCUT2D eigenvalue weighted by atomic mass is 35.5. The molecule has 0 spiro atoms. The van der Waals surface area contributed by atoms with E-state index in [0.29, 0.717) is 24.7 Å². The normalized spacial score (nSPS) is 11.3. The maximum absolute atomic E-state index is 9.13. The molecule has 114 valence electrons. The molecule has 1 rings (SSSR count). The van der Waals surface area contributed by atoms with Crippen LogP contribution in [0.1, 0.15) is 18.9 Å². The molecule has 20 heavy (non-hydrogen) atoms. The number of halogens is 1. The third kappa shape index (κ3) is 5.82. The maximum atomic E-state index is 9.13. The summed E-state index contributed by atoms with van der Waals surface area (Å²) in [5.74, 6) is 1.42. The van der Waals surface area contributed by atoms with Crippen LogP contribution in [0.4, 0.5) is 0 Å². The first-order valence-electron chi connectivity index (χ1n) is 6.50. The molecule has 0 aliphatic rings. The van der Waals surface area contributed by atoms with Gasteiger partial charge in [-0.3, -0.25) is 0 Å². The van der Waals surface area contributed by atoms with Crippen molar-refractivity contribution in [3.05, 3.63) is 36.4 Å². The molecule has 5 heteroatoms. The van der Waals surface area contributed by atoms with Crippen LogP contribution < -0.4 is 14.8 Å². The Morgan fingerprint density at radius 2 is 2.15 bits per heavy atom. The minimum absolute atomic E-state index is 0. The molecule has 0 aliphatic carbocycles. The van der Waals surface area contributed by atoms with Crippen LogP contribution in [0.15, 0.2) is 30.9 Å². The minimum atomic E-state index is 0. The molecule has 2 N–H and O–H groups in total. The highest BCUT2D eigenvalue weighted by Crippen LogP contribution is 2.28. The quantitative estimate of drug-likeness (QED) is 0.688. The van der Waals surface area contributed by atoms with Crippen LogP contribution in [0.3, 0.4) is 0 Å². The van der Waals surface area contributed by atoms with Gasteiger partial charge < -0.3 is 19.9 Å². The van der Waals surface area contributed by atoms with E-state index in [1.807, 2.05) is 25.1 Å². The van der Waals surface area contributed by atoms with Crippen LogP contribution in [0.5, 0.6) is 11.5 Å². The number of benzene rings is 1. The zero-order valence-electron chi connectivity index (χ0n) is 12.1. The Kier molecular flexibility index (Phi) is 9.90. The summed E-state index contributed by atoms with van der Waals surface area (Å²) >= 11 is 0. The number of ether oxygens (including phenoxy) is 2. The van der Waals surface area contributed by atoms with Crippen molar-refractivity contribution in [3.63, 3.8) is 0 Å². The highest BCUT2D eigenvalue weighted by Gasteiger charge is 2.07. The number of hydrogen-bond acceptors (Lipinski definition) is 4. The van der Waals surface area contributed by atoms with E-state index in [4.69, 9.17) is 14.6 Å². The topological polar surface area (TPSA) is 50.7 Å². The van der Waals surface area contributed by atoms with Gasteiger partial charge in [0.2, 0.25) is 0 Å². The lowest BCUT2D eigenvalue weighted by Crippen LogP contribution is -2.31. The lowest BCUT2D eigenvalue weighted by molar-refractivity contribution is 0.238. The molecule has 0 fully saturated rings. The van der Waals surface area contributed by atoms with Crippen molar-refractivity contribution in [2.24, 2.45) is 0 Å². The first-order chi connectivity index (χ1) is 9.24. The molecule has 0 aromatic heterocycles. The van der Waals surface area contributed by atoms with Crippen LogP contribution in [0.2, 0.25) is 0 Å². The number of methoxy groups -OCH3 is 1. The average molecular weight is 302 g/mol.